The van der Waals surface area contributed by atoms with Crippen molar-refractivity contribution in [2.75, 3.05) is 0 Å². The zero-order chi connectivity index (χ0) is 47.9. The lowest BCUT2D eigenvalue weighted by atomic mass is 10.4. The fraction of sp³-hybridized carbons (Fsp3) is 0.436. The van der Waals surface area contributed by atoms with E-state index in [0.717, 1.165) is 23.0 Å². The average Bonchev–Trinajstić information content (AvgIpc) is 4.11. The predicted molar refractivity (Wildman–Crippen MR) is 261 cm³/mol. The Morgan fingerprint density at radius 2 is 1.12 bits per heavy atom. The van der Waals surface area contributed by atoms with Crippen molar-refractivity contribution in [3.63, 3.8) is 0 Å². The minimum atomic E-state index is 0. The second-order valence-corrected chi connectivity index (χ2v) is 12.8. The molecule has 0 aliphatic heterocycles. The number of rotatable bonds is 6. The molecular formula is C39H76N28. The van der Waals surface area contributed by atoms with Crippen LogP contribution in [0.25, 0.3) is 0 Å². The molecule has 28 nitrogen and oxygen atoms in total. The zero-order valence-corrected chi connectivity index (χ0v) is 38.2. The topological polar surface area (TPSA) is 375 Å². The third-order valence-corrected chi connectivity index (χ3v) is 7.30. The highest BCUT2D eigenvalue weighted by Crippen LogP contribution is 1.95. The normalized spacial score (nSPS) is 9.01. The fourth-order valence-corrected chi connectivity index (χ4v) is 3.91. The van der Waals surface area contributed by atoms with E-state index in [9.17, 15) is 0 Å². The van der Waals surface area contributed by atoms with Gasteiger partial charge < -0.3 is 34.4 Å². The van der Waals surface area contributed by atoms with Crippen molar-refractivity contribution >= 4 is 11.9 Å². The number of hydrogen-bond donors (Lipinski definition) is 6. The van der Waals surface area contributed by atoms with E-state index in [-0.39, 0.29) is 34.2 Å². The first-order valence-corrected chi connectivity index (χ1v) is 19.1. The molecule has 28 heteroatoms. The third-order valence-electron chi connectivity index (χ3n) is 7.30. The molecule has 0 atom stereocenters. The highest BCUT2D eigenvalue weighted by Gasteiger charge is 1.97. The second-order valence-electron chi connectivity index (χ2n) is 12.8. The molecule has 8 rings (SSSR count). The van der Waals surface area contributed by atoms with E-state index in [1.165, 1.54) is 24.7 Å². The zero-order valence-electron chi connectivity index (χ0n) is 38.2. The minimum Gasteiger partial charge on any atom is -0.370 e. The molecule has 0 aliphatic carbocycles. The van der Waals surface area contributed by atoms with Crippen molar-refractivity contribution in [2.24, 2.45) is 101 Å². The number of aromatic nitrogens is 20. The smallest absolute Gasteiger partial charge is 0.186 e. The molecule has 8 heterocycles. The Bertz CT molecular complexity index is 2310. The lowest BCUT2D eigenvalue weighted by Crippen LogP contribution is -2.22. The number of guanidine groups is 2. The van der Waals surface area contributed by atoms with Crippen LogP contribution >= 0.6 is 0 Å². The van der Waals surface area contributed by atoms with Gasteiger partial charge in [-0.2, -0.15) is 40.8 Å². The molecule has 67 heavy (non-hydrogen) atoms. The largest absolute Gasteiger partial charge is 0.370 e. The summed E-state index contributed by atoms with van der Waals surface area (Å²) in [7, 11) is 14.8. The standard InChI is InChI=1S/C6H11N5.C5H10N6.2C5H8N2.2C4H8N4.C4H6N2.C3H5N3.3CH4/c1-11-3-2-5(10-11)4-9-6(7)8;1-11-4(9-3-10-11)2-8-5(6)7;1-5-3-4-7(2)6-5;1-5-3-4-6-7(5)2;1-8-3-6-4(2-5)7-8;1-8-4(2-5)6-3-7-8;1-6-4-2-3-5-6;1-6-3-4-2-5-6;;;/h2-3H,4H2,1H3,(H4,7,8,9);3H,2H2,1H3,(H4,6,7,8);2*3-4H,1-2H3;2*3H,2,5H2,1H3;2-4H,1H3;2-3H,1H3;3*1H4. The molecule has 0 aromatic carbocycles. The van der Waals surface area contributed by atoms with Crippen LogP contribution < -0.4 is 34.4 Å². The van der Waals surface area contributed by atoms with Gasteiger partial charge in [-0.15, -0.1) is 0 Å². The monoisotopic (exact) mass is 937 g/mol. The Morgan fingerprint density at radius 1 is 0.522 bits per heavy atom. The summed E-state index contributed by atoms with van der Waals surface area (Å²) in [4.78, 5) is 22.9. The van der Waals surface area contributed by atoms with Gasteiger partial charge in [0.05, 0.1) is 31.0 Å². The van der Waals surface area contributed by atoms with Crippen LogP contribution in [-0.4, -0.2) is 110 Å². The molecule has 8 aromatic heterocycles. The second kappa shape index (κ2) is 36.2. The lowest BCUT2D eigenvalue weighted by molar-refractivity contribution is 0.702. The fourth-order valence-electron chi connectivity index (χ4n) is 3.91. The quantitative estimate of drug-likeness (QED) is 0.0938. The number of nitrogens with zero attached hydrogens (tertiary/aromatic N) is 22. The van der Waals surface area contributed by atoms with E-state index in [1.54, 1.807) is 64.9 Å². The molecule has 0 aliphatic rings. The van der Waals surface area contributed by atoms with Crippen LogP contribution in [0.15, 0.2) is 96.9 Å². The van der Waals surface area contributed by atoms with Gasteiger partial charge in [0.25, 0.3) is 0 Å². The van der Waals surface area contributed by atoms with Crippen molar-refractivity contribution in [1.29, 1.82) is 0 Å². The van der Waals surface area contributed by atoms with Crippen LogP contribution in [0, 0.1) is 13.8 Å². The summed E-state index contributed by atoms with van der Waals surface area (Å²) in [6.45, 7) is 5.69. The van der Waals surface area contributed by atoms with E-state index in [1.807, 2.05) is 111 Å². The minimum absolute atomic E-state index is 0. The molecule has 0 fully saturated rings. The van der Waals surface area contributed by atoms with Crippen molar-refractivity contribution in [2.45, 2.75) is 62.3 Å². The maximum atomic E-state index is 5.27. The van der Waals surface area contributed by atoms with E-state index in [0.29, 0.717) is 32.0 Å². The third kappa shape index (κ3) is 30.6. The Morgan fingerprint density at radius 3 is 1.37 bits per heavy atom. The average molecular weight is 937 g/mol. The van der Waals surface area contributed by atoms with Crippen LogP contribution in [0.2, 0.25) is 0 Å². The molecular weight excluding hydrogens is 861 g/mol. The van der Waals surface area contributed by atoms with Gasteiger partial charge in [0.2, 0.25) is 0 Å². The first-order valence-electron chi connectivity index (χ1n) is 19.1. The van der Waals surface area contributed by atoms with Crippen LogP contribution in [0.3, 0.4) is 0 Å². The van der Waals surface area contributed by atoms with Crippen molar-refractivity contribution in [1.82, 2.24) is 98.2 Å². The summed E-state index contributed by atoms with van der Waals surface area (Å²) in [5, 5.41) is 31.2. The number of aliphatic imine (C=N–C) groups is 2. The first kappa shape index (κ1) is 63.2. The summed E-state index contributed by atoms with van der Waals surface area (Å²) in [5.74, 6) is 2.39. The molecule has 372 valence electrons. The highest BCUT2D eigenvalue weighted by molar-refractivity contribution is 5.75. The SMILES string of the molecule is C.C.C.Cc1ccn(C)n1.Cc1ccnn1C.Cn1ccc(CN=C(N)N)n1.Cn1cccn1.Cn1cnc(CN)n1.Cn1cncn1.Cn1ncnc1CN.Cn1ncnc1CN=C(N)N. The van der Waals surface area contributed by atoms with Gasteiger partial charge in [0.1, 0.15) is 49.8 Å². The van der Waals surface area contributed by atoms with E-state index < -0.39 is 0 Å². The lowest BCUT2D eigenvalue weighted by Gasteiger charge is -1.94. The molecule has 0 amide bonds. The molecule has 0 saturated carbocycles. The molecule has 0 unspecified atom stereocenters. The molecule has 12 N–H and O–H groups in total. The molecule has 0 saturated heterocycles. The number of hydrogen-bond acceptors (Lipinski definition) is 16. The summed E-state index contributed by atoms with van der Waals surface area (Å²) < 4.78 is 13.6. The molecule has 0 radical (unpaired) electrons. The van der Waals surface area contributed by atoms with Gasteiger partial charge in [-0.1, -0.05) is 22.3 Å². The van der Waals surface area contributed by atoms with Gasteiger partial charge in [-0.3, -0.25) is 37.5 Å². The predicted octanol–water partition coefficient (Wildman–Crippen LogP) is -0.0699. The van der Waals surface area contributed by atoms with Crippen LogP contribution in [-0.2, 0) is 82.6 Å². The summed E-state index contributed by atoms with van der Waals surface area (Å²) in [6, 6.07) is 7.70. The Kier molecular flexibility index (Phi) is 34.1. The van der Waals surface area contributed by atoms with Crippen molar-refractivity contribution < 1.29 is 0 Å². The van der Waals surface area contributed by atoms with Crippen molar-refractivity contribution in [3.05, 3.63) is 121 Å². The van der Waals surface area contributed by atoms with Gasteiger partial charge in [0, 0.05) is 93.1 Å². The van der Waals surface area contributed by atoms with E-state index >= 15 is 0 Å². The Balaban J connectivity index is -0.000000700. The maximum Gasteiger partial charge on any atom is 0.186 e. The first-order chi connectivity index (χ1) is 30.4. The Labute approximate surface area is 393 Å². The molecule has 0 bridgehead atoms. The highest BCUT2D eigenvalue weighted by atomic mass is 15.3. The van der Waals surface area contributed by atoms with Gasteiger partial charge in [-0.05, 0) is 38.1 Å². The van der Waals surface area contributed by atoms with Gasteiger partial charge in [-0.25, -0.2) is 29.9 Å². The van der Waals surface area contributed by atoms with Crippen molar-refractivity contribution in [3.8, 4) is 0 Å². The van der Waals surface area contributed by atoms with Crippen LogP contribution in [0.4, 0.5) is 0 Å². The summed E-state index contributed by atoms with van der Waals surface area (Å²) in [5.41, 5.74) is 34.2. The van der Waals surface area contributed by atoms with Gasteiger partial charge >= 0.3 is 0 Å². The van der Waals surface area contributed by atoms with E-state index in [2.05, 4.69) is 70.7 Å². The summed E-state index contributed by atoms with van der Waals surface area (Å²) >= 11 is 0. The Hall–Kier alpha value is -8.14. The van der Waals surface area contributed by atoms with Crippen LogP contribution in [0.1, 0.15) is 56.8 Å². The number of nitrogens with two attached hydrogens (primary N) is 6. The van der Waals surface area contributed by atoms with Gasteiger partial charge in [0.15, 0.2) is 17.7 Å². The molecule has 0 spiro atoms. The van der Waals surface area contributed by atoms with Crippen LogP contribution in [0.5, 0.6) is 0 Å². The molecule has 8 aromatic rings. The van der Waals surface area contributed by atoms with E-state index in [4.69, 9.17) is 34.4 Å². The summed E-state index contributed by atoms with van der Waals surface area (Å²) in [6.07, 6.45) is 16.9. The maximum absolute atomic E-state index is 5.27. The number of aryl methyl sites for hydroxylation is 10.